The topological polar surface area (TPSA) is 80.2 Å². The molecule has 0 saturated carbocycles. The van der Waals surface area contributed by atoms with Gasteiger partial charge in [0, 0.05) is 41.9 Å². The molecule has 2 aliphatic rings. The standard InChI is InChI=1S/C23H23FN4O2/c24-23-19-6-3-4-15(26-19)13-21(23)30-22-10-9-18(27-28-22)16-8-7-14(12-20(16)29)17-5-1-2-11-25-17/h1-2,5,7-12,15,19,21,23,26,29H,3-4,6,13H2/t15?,19?,21-,23+/m0/s1. The molecule has 154 valence electrons. The van der Waals surface area contributed by atoms with E-state index in [1.807, 2.05) is 24.3 Å². The summed E-state index contributed by atoms with van der Waals surface area (Å²) >= 11 is 0. The Morgan fingerprint density at radius 3 is 2.73 bits per heavy atom. The molecule has 2 fully saturated rings. The molecule has 2 unspecified atom stereocenters. The number of phenols is 1. The highest BCUT2D eigenvalue weighted by Gasteiger charge is 2.41. The van der Waals surface area contributed by atoms with E-state index in [-0.39, 0.29) is 11.8 Å². The van der Waals surface area contributed by atoms with Gasteiger partial charge in [0.2, 0.25) is 5.88 Å². The van der Waals surface area contributed by atoms with E-state index in [1.54, 1.807) is 30.5 Å². The number of nitrogens with one attached hydrogen (secondary N) is 1. The van der Waals surface area contributed by atoms with E-state index in [2.05, 4.69) is 20.5 Å². The van der Waals surface area contributed by atoms with Gasteiger partial charge in [-0.25, -0.2) is 4.39 Å². The fourth-order valence-electron chi connectivity index (χ4n) is 4.40. The molecule has 3 aromatic rings. The van der Waals surface area contributed by atoms with Gasteiger partial charge >= 0.3 is 0 Å². The van der Waals surface area contributed by atoms with Crippen LogP contribution in [0.5, 0.6) is 11.6 Å². The van der Waals surface area contributed by atoms with Gasteiger partial charge in [-0.15, -0.1) is 10.2 Å². The largest absolute Gasteiger partial charge is 0.507 e. The molecule has 1 aromatic carbocycles. The minimum atomic E-state index is -1.05. The number of piperidine rings is 2. The van der Waals surface area contributed by atoms with Crippen molar-refractivity contribution in [2.75, 3.05) is 0 Å². The van der Waals surface area contributed by atoms with Crippen LogP contribution in [0.2, 0.25) is 0 Å². The minimum absolute atomic E-state index is 0.0936. The SMILES string of the molecule is Oc1cc(-c2ccccn2)ccc1-c1ccc(O[C@H]2CC3CCCC(N3)[C@H]2F)nn1. The molecule has 0 radical (unpaired) electrons. The first-order valence-electron chi connectivity index (χ1n) is 10.3. The van der Waals surface area contributed by atoms with Crippen LogP contribution < -0.4 is 10.1 Å². The number of phenolic OH excluding ortho intramolecular Hbond substituents is 1. The third-order valence-electron chi connectivity index (χ3n) is 5.92. The van der Waals surface area contributed by atoms with Gasteiger partial charge < -0.3 is 15.2 Å². The average Bonchev–Trinajstić information content (AvgIpc) is 2.79. The van der Waals surface area contributed by atoms with Crippen molar-refractivity contribution < 1.29 is 14.2 Å². The van der Waals surface area contributed by atoms with Crippen LogP contribution in [0.3, 0.4) is 0 Å². The van der Waals surface area contributed by atoms with Crippen molar-refractivity contribution in [2.45, 2.75) is 50.0 Å². The van der Waals surface area contributed by atoms with Crippen LogP contribution in [0.25, 0.3) is 22.5 Å². The van der Waals surface area contributed by atoms with Crippen LogP contribution in [-0.4, -0.2) is 44.6 Å². The summed E-state index contributed by atoms with van der Waals surface area (Å²) < 4.78 is 20.5. The smallest absolute Gasteiger partial charge is 0.233 e. The number of benzene rings is 1. The maximum absolute atomic E-state index is 14.7. The Labute approximate surface area is 174 Å². The minimum Gasteiger partial charge on any atom is -0.507 e. The van der Waals surface area contributed by atoms with Crippen LogP contribution in [0.15, 0.2) is 54.7 Å². The normalized spacial score (nSPS) is 25.6. The van der Waals surface area contributed by atoms with Crippen LogP contribution in [0, 0.1) is 0 Å². The second-order valence-corrected chi connectivity index (χ2v) is 7.94. The summed E-state index contributed by atoms with van der Waals surface area (Å²) in [5.41, 5.74) is 2.68. The third kappa shape index (κ3) is 3.73. The zero-order valence-corrected chi connectivity index (χ0v) is 16.4. The van der Waals surface area contributed by atoms with E-state index in [1.165, 1.54) is 0 Å². The quantitative estimate of drug-likeness (QED) is 0.684. The Bertz CT molecular complexity index is 1020. The summed E-state index contributed by atoms with van der Waals surface area (Å²) in [5.74, 6) is 0.395. The molecule has 7 heteroatoms. The monoisotopic (exact) mass is 406 g/mol. The van der Waals surface area contributed by atoms with Gasteiger partial charge in [-0.3, -0.25) is 4.98 Å². The number of aromatic nitrogens is 3. The molecular weight excluding hydrogens is 383 g/mol. The summed E-state index contributed by atoms with van der Waals surface area (Å²) in [4.78, 5) is 4.30. The van der Waals surface area contributed by atoms with Gasteiger partial charge in [-0.1, -0.05) is 18.6 Å². The van der Waals surface area contributed by atoms with Crippen LogP contribution >= 0.6 is 0 Å². The molecule has 5 rings (SSSR count). The predicted octanol–water partition coefficient (Wildman–Crippen LogP) is 3.91. The molecule has 6 nitrogen and oxygen atoms in total. The third-order valence-corrected chi connectivity index (χ3v) is 5.92. The number of pyridine rings is 1. The van der Waals surface area contributed by atoms with Crippen LogP contribution in [0.1, 0.15) is 25.7 Å². The Hall–Kier alpha value is -3.06. The van der Waals surface area contributed by atoms with Gasteiger partial charge in [0.05, 0.1) is 11.4 Å². The zero-order valence-electron chi connectivity index (χ0n) is 16.4. The summed E-state index contributed by atoms with van der Waals surface area (Å²) in [5, 5.41) is 22.1. The predicted molar refractivity (Wildman–Crippen MR) is 111 cm³/mol. The molecular formula is C23H23FN4O2. The summed E-state index contributed by atoms with van der Waals surface area (Å²) in [7, 11) is 0. The Kier molecular flexibility index (Phi) is 5.04. The molecule has 2 bridgehead atoms. The number of hydrogen-bond donors (Lipinski definition) is 2. The molecule has 2 aromatic heterocycles. The summed E-state index contributed by atoms with van der Waals surface area (Å²) in [6, 6.07) is 14.5. The molecule has 4 atom stereocenters. The lowest BCUT2D eigenvalue weighted by Gasteiger charge is -2.42. The Morgan fingerprint density at radius 2 is 1.97 bits per heavy atom. The highest BCUT2D eigenvalue weighted by Crippen LogP contribution is 2.33. The molecule has 0 spiro atoms. The highest BCUT2D eigenvalue weighted by molar-refractivity contribution is 5.72. The molecule has 2 N–H and O–H groups in total. The van der Waals surface area contributed by atoms with Gasteiger partial charge in [0.1, 0.15) is 11.9 Å². The van der Waals surface area contributed by atoms with E-state index >= 15 is 0 Å². The lowest BCUT2D eigenvalue weighted by Crippen LogP contribution is -2.59. The first-order valence-corrected chi connectivity index (χ1v) is 10.3. The molecule has 0 aliphatic carbocycles. The van der Waals surface area contributed by atoms with Crippen molar-refractivity contribution in [3.63, 3.8) is 0 Å². The fourth-order valence-corrected chi connectivity index (χ4v) is 4.40. The van der Waals surface area contributed by atoms with E-state index in [4.69, 9.17) is 4.74 Å². The lowest BCUT2D eigenvalue weighted by atomic mass is 9.84. The van der Waals surface area contributed by atoms with E-state index < -0.39 is 12.3 Å². The van der Waals surface area contributed by atoms with Gasteiger partial charge in [-0.2, -0.15) is 0 Å². The first-order chi connectivity index (χ1) is 14.7. The van der Waals surface area contributed by atoms with E-state index in [0.717, 1.165) is 30.5 Å². The number of nitrogens with zero attached hydrogens (tertiary/aromatic N) is 3. The van der Waals surface area contributed by atoms with Crippen molar-refractivity contribution in [3.05, 3.63) is 54.7 Å². The molecule has 30 heavy (non-hydrogen) atoms. The van der Waals surface area contributed by atoms with Crippen molar-refractivity contribution >= 4 is 0 Å². The summed E-state index contributed by atoms with van der Waals surface area (Å²) in [6.45, 7) is 0. The highest BCUT2D eigenvalue weighted by atomic mass is 19.1. The maximum Gasteiger partial charge on any atom is 0.233 e. The number of alkyl halides is 1. The first kappa shape index (κ1) is 18.9. The van der Waals surface area contributed by atoms with Crippen molar-refractivity contribution in [1.29, 1.82) is 0 Å². The average molecular weight is 406 g/mol. The van der Waals surface area contributed by atoms with Crippen molar-refractivity contribution in [2.24, 2.45) is 0 Å². The number of aromatic hydroxyl groups is 1. The van der Waals surface area contributed by atoms with E-state index in [0.29, 0.717) is 29.6 Å². The fraction of sp³-hybridized carbons (Fsp3) is 0.348. The zero-order chi connectivity index (χ0) is 20.5. The second kappa shape index (κ2) is 7.99. The Morgan fingerprint density at radius 1 is 1.03 bits per heavy atom. The number of rotatable bonds is 4. The van der Waals surface area contributed by atoms with E-state index in [9.17, 15) is 9.50 Å². The number of halogens is 1. The summed E-state index contributed by atoms with van der Waals surface area (Å²) in [6.07, 6.45) is 3.75. The number of ether oxygens (including phenoxy) is 1. The molecule has 4 heterocycles. The number of hydrogen-bond acceptors (Lipinski definition) is 6. The lowest BCUT2D eigenvalue weighted by molar-refractivity contribution is 0.00652. The Balaban J connectivity index is 1.31. The second-order valence-electron chi connectivity index (χ2n) is 7.94. The molecule has 2 saturated heterocycles. The molecule has 0 amide bonds. The maximum atomic E-state index is 14.7. The molecule has 2 aliphatic heterocycles. The van der Waals surface area contributed by atoms with Crippen LogP contribution in [-0.2, 0) is 0 Å². The van der Waals surface area contributed by atoms with Gasteiger partial charge in [0.25, 0.3) is 0 Å². The van der Waals surface area contributed by atoms with Crippen LogP contribution in [0.4, 0.5) is 4.39 Å². The van der Waals surface area contributed by atoms with Gasteiger partial charge in [-0.05, 0) is 43.2 Å². The van der Waals surface area contributed by atoms with Crippen molar-refractivity contribution in [3.8, 4) is 34.1 Å². The van der Waals surface area contributed by atoms with Gasteiger partial charge in [0.15, 0.2) is 6.17 Å². The number of fused-ring (bicyclic) bond motifs is 2. The van der Waals surface area contributed by atoms with Crippen molar-refractivity contribution in [1.82, 2.24) is 20.5 Å².